The Kier molecular flexibility index (Phi) is 4.37. The van der Waals surface area contributed by atoms with Crippen molar-refractivity contribution in [1.29, 1.82) is 0 Å². The van der Waals surface area contributed by atoms with Crippen molar-refractivity contribution in [2.45, 2.75) is 26.2 Å². The van der Waals surface area contributed by atoms with Gasteiger partial charge < -0.3 is 4.90 Å². The number of allylic oxidation sites excluding steroid dienone is 1. The first-order valence-electron chi connectivity index (χ1n) is 8.00. The van der Waals surface area contributed by atoms with Crippen molar-refractivity contribution in [2.24, 2.45) is 11.8 Å². The molecule has 1 nitrogen and oxygen atoms in total. The molecule has 0 aliphatic heterocycles. The largest absolute Gasteiger partial charge is 0.305 e. The van der Waals surface area contributed by atoms with Crippen LogP contribution in [0.5, 0.6) is 0 Å². The van der Waals surface area contributed by atoms with Crippen LogP contribution in [0.3, 0.4) is 0 Å². The van der Waals surface area contributed by atoms with Gasteiger partial charge in [0.05, 0.1) is 0 Å². The second-order valence-electron chi connectivity index (χ2n) is 6.96. The Morgan fingerprint density at radius 2 is 1.95 bits per heavy atom. The van der Waals surface area contributed by atoms with Gasteiger partial charge in [-0.25, -0.2) is 0 Å². The van der Waals surface area contributed by atoms with Gasteiger partial charge >= 0.3 is 0 Å². The van der Waals surface area contributed by atoms with Crippen molar-refractivity contribution >= 4 is 39.4 Å². The lowest BCUT2D eigenvalue weighted by atomic mass is 9.86. The second-order valence-corrected chi connectivity index (χ2v) is 8.25. The number of halogens is 1. The number of fused-ring (bicyclic) bond motifs is 3. The van der Waals surface area contributed by atoms with Crippen LogP contribution in [0, 0.1) is 18.8 Å². The quantitative estimate of drug-likeness (QED) is 0.729. The summed E-state index contributed by atoms with van der Waals surface area (Å²) in [5.74, 6) is 1.66. The molecule has 2 unspecified atom stereocenters. The van der Waals surface area contributed by atoms with Crippen LogP contribution in [0.1, 0.15) is 29.7 Å². The predicted octanol–water partition coefficient (Wildman–Crippen LogP) is 5.38. The smallest absolute Gasteiger partial charge is 0.0351 e. The van der Waals surface area contributed by atoms with Crippen molar-refractivity contribution in [3.05, 3.63) is 40.3 Å². The molecule has 2 aliphatic carbocycles. The number of likely N-dealkylation sites (N-methyl/N-ethyl adjacent to an activating group) is 1. The Morgan fingerprint density at radius 3 is 2.73 bits per heavy atom. The lowest BCUT2D eigenvalue weighted by Crippen LogP contribution is -2.19. The maximum absolute atomic E-state index is 2.39. The van der Waals surface area contributed by atoms with E-state index in [4.69, 9.17) is 0 Å². The van der Waals surface area contributed by atoms with Crippen LogP contribution in [0.4, 0.5) is 0 Å². The Hall–Kier alpha value is -0.830. The fourth-order valence-corrected chi connectivity index (χ4v) is 5.36. The van der Waals surface area contributed by atoms with Crippen LogP contribution in [-0.2, 0) is 0 Å². The van der Waals surface area contributed by atoms with E-state index in [0.29, 0.717) is 0 Å². The van der Waals surface area contributed by atoms with E-state index < -0.39 is 0 Å². The molecule has 1 fully saturated rings. The molecule has 0 N–H and O–H groups in total. The highest BCUT2D eigenvalue weighted by Crippen LogP contribution is 2.53. The van der Waals surface area contributed by atoms with E-state index in [9.17, 15) is 0 Å². The summed E-state index contributed by atoms with van der Waals surface area (Å²) in [5.41, 5.74) is 4.96. The third kappa shape index (κ3) is 2.51. The first-order valence-corrected chi connectivity index (χ1v) is 8.82. The second kappa shape index (κ2) is 5.99. The van der Waals surface area contributed by atoms with Gasteiger partial charge in [0, 0.05) is 21.5 Å². The first kappa shape index (κ1) is 16.0. The molecule has 2 bridgehead atoms. The minimum Gasteiger partial charge on any atom is -0.305 e. The van der Waals surface area contributed by atoms with Gasteiger partial charge in [0.25, 0.3) is 0 Å². The molecule has 2 aliphatic rings. The van der Waals surface area contributed by atoms with E-state index in [-0.39, 0.29) is 12.4 Å². The molecule has 4 rings (SSSR count). The Morgan fingerprint density at radius 1 is 1.18 bits per heavy atom. The summed E-state index contributed by atoms with van der Waals surface area (Å²) in [7, 11) is 4.40. The van der Waals surface area contributed by atoms with E-state index in [0.717, 1.165) is 18.4 Å². The molecular formula is C19H24ClNS. The van der Waals surface area contributed by atoms with Gasteiger partial charge in [0.1, 0.15) is 0 Å². The molecule has 1 aromatic carbocycles. The molecule has 1 aromatic heterocycles. The van der Waals surface area contributed by atoms with Gasteiger partial charge in [0.15, 0.2) is 0 Å². The summed E-state index contributed by atoms with van der Waals surface area (Å²) in [5, 5.41) is 1.49. The van der Waals surface area contributed by atoms with E-state index >= 15 is 0 Å². The highest BCUT2D eigenvalue weighted by atomic mass is 35.5. The molecule has 0 saturated heterocycles. The number of aryl methyl sites for hydroxylation is 1. The van der Waals surface area contributed by atoms with Gasteiger partial charge in [-0.05, 0) is 81.0 Å². The average Bonchev–Trinajstić information content (AvgIpc) is 3.10. The van der Waals surface area contributed by atoms with Crippen LogP contribution >= 0.6 is 23.7 Å². The summed E-state index contributed by atoms with van der Waals surface area (Å²) >= 11 is 1.93. The summed E-state index contributed by atoms with van der Waals surface area (Å²) < 4.78 is 1.45. The number of benzene rings is 1. The number of thiophene rings is 1. The van der Waals surface area contributed by atoms with Crippen LogP contribution in [0.15, 0.2) is 29.8 Å². The minimum absolute atomic E-state index is 0. The molecule has 1 saturated carbocycles. The third-order valence-corrected chi connectivity index (χ3v) is 6.16. The monoisotopic (exact) mass is 333 g/mol. The maximum Gasteiger partial charge on any atom is 0.0351 e. The fraction of sp³-hybridized carbons (Fsp3) is 0.474. The van der Waals surface area contributed by atoms with Gasteiger partial charge in [-0.3, -0.25) is 0 Å². The Balaban J connectivity index is 0.00000144. The predicted molar refractivity (Wildman–Crippen MR) is 100 cm³/mol. The summed E-state index contributed by atoms with van der Waals surface area (Å²) in [4.78, 5) is 3.77. The number of hydrogen-bond acceptors (Lipinski definition) is 2. The van der Waals surface area contributed by atoms with Gasteiger partial charge in [-0.1, -0.05) is 12.1 Å². The fourth-order valence-electron chi connectivity index (χ4n) is 4.41. The zero-order valence-corrected chi connectivity index (χ0v) is 15.2. The number of nitrogens with zero attached hydrogens (tertiary/aromatic N) is 1. The van der Waals surface area contributed by atoms with Gasteiger partial charge in [-0.15, -0.1) is 23.7 Å². The summed E-state index contributed by atoms with van der Waals surface area (Å²) in [6, 6.07) is 9.28. The van der Waals surface area contributed by atoms with E-state index in [1.807, 2.05) is 11.3 Å². The third-order valence-electron chi connectivity index (χ3n) is 5.14. The van der Waals surface area contributed by atoms with Gasteiger partial charge in [0.2, 0.25) is 0 Å². The summed E-state index contributed by atoms with van der Waals surface area (Å²) in [6.45, 7) is 3.36. The van der Waals surface area contributed by atoms with E-state index in [1.165, 1.54) is 39.8 Å². The minimum atomic E-state index is 0. The summed E-state index contributed by atoms with van der Waals surface area (Å²) in [6.07, 6.45) is 4.21. The normalized spacial score (nSPS) is 23.6. The molecule has 22 heavy (non-hydrogen) atoms. The first-order chi connectivity index (χ1) is 10.1. The lowest BCUT2D eigenvalue weighted by Gasteiger charge is -2.23. The lowest BCUT2D eigenvalue weighted by molar-refractivity contribution is 0.423. The van der Waals surface area contributed by atoms with Crippen molar-refractivity contribution in [3.8, 4) is 0 Å². The molecule has 0 spiro atoms. The van der Waals surface area contributed by atoms with E-state index in [1.54, 1.807) is 11.1 Å². The van der Waals surface area contributed by atoms with Crippen molar-refractivity contribution in [2.75, 3.05) is 20.6 Å². The average molecular weight is 334 g/mol. The Labute approximate surface area is 143 Å². The topological polar surface area (TPSA) is 3.24 Å². The van der Waals surface area contributed by atoms with Crippen molar-refractivity contribution < 1.29 is 0 Å². The van der Waals surface area contributed by atoms with Crippen molar-refractivity contribution in [1.82, 2.24) is 4.90 Å². The van der Waals surface area contributed by atoms with Crippen LogP contribution in [0.2, 0.25) is 0 Å². The molecule has 3 heteroatoms. The zero-order chi connectivity index (χ0) is 14.6. The highest BCUT2D eigenvalue weighted by Gasteiger charge is 2.39. The Bertz CT molecular complexity index is 728. The molecule has 118 valence electrons. The standard InChI is InChI=1S/C19H23NS.ClH/c1-12-9-16-15(5-4-6-18(16)21-12)19-14-8-7-13(10-14)17(19)11-20(2)3;/h4-6,9,13-14H,7-8,10-11H2,1-3H3;1H. The highest BCUT2D eigenvalue weighted by molar-refractivity contribution is 7.19. The SMILES string of the molecule is Cc1cc2c(C3=C(CN(C)C)C4CCC3C4)cccc2s1.Cl. The molecule has 0 radical (unpaired) electrons. The van der Waals surface area contributed by atoms with Gasteiger partial charge in [-0.2, -0.15) is 0 Å². The maximum atomic E-state index is 2.39. The van der Waals surface area contributed by atoms with Crippen LogP contribution in [-0.4, -0.2) is 25.5 Å². The number of rotatable bonds is 3. The zero-order valence-electron chi connectivity index (χ0n) is 13.6. The van der Waals surface area contributed by atoms with E-state index in [2.05, 4.69) is 50.2 Å². The molecule has 1 heterocycles. The van der Waals surface area contributed by atoms with Crippen LogP contribution in [0.25, 0.3) is 15.7 Å². The number of hydrogen-bond donors (Lipinski definition) is 0. The van der Waals surface area contributed by atoms with Crippen molar-refractivity contribution in [3.63, 3.8) is 0 Å². The molecule has 2 atom stereocenters. The molecule has 0 amide bonds. The molecular weight excluding hydrogens is 310 g/mol. The van der Waals surface area contributed by atoms with Crippen LogP contribution < -0.4 is 0 Å². The molecule has 2 aromatic rings.